The van der Waals surface area contributed by atoms with Crippen molar-refractivity contribution in [2.75, 3.05) is 20.3 Å². The Balaban J connectivity index is 3.21. The normalized spacial score (nSPS) is 13.3. The molecule has 7 heteroatoms. The van der Waals surface area contributed by atoms with Crippen molar-refractivity contribution in [1.82, 2.24) is 4.31 Å². The summed E-state index contributed by atoms with van der Waals surface area (Å²) in [6, 6.07) is 6.30. The molecule has 0 fully saturated rings. The minimum atomic E-state index is -3.60. The van der Waals surface area contributed by atoms with Crippen LogP contribution in [0.4, 0.5) is 0 Å². The van der Waals surface area contributed by atoms with Crippen LogP contribution in [0.2, 0.25) is 0 Å². The first-order chi connectivity index (χ1) is 9.84. The Morgan fingerprint density at radius 1 is 1.48 bits per heavy atom. The predicted octanol–water partition coefficient (Wildman–Crippen LogP) is 1.76. The second-order valence-electron chi connectivity index (χ2n) is 4.76. The van der Waals surface area contributed by atoms with Crippen LogP contribution in [-0.4, -0.2) is 44.0 Å². The van der Waals surface area contributed by atoms with Gasteiger partial charge in [0.2, 0.25) is 10.0 Å². The number of benzene rings is 1. The van der Waals surface area contributed by atoms with Crippen LogP contribution in [0.5, 0.6) is 0 Å². The molecule has 1 unspecified atom stereocenters. The average Bonchev–Trinajstić information content (AvgIpc) is 2.47. The average molecular weight is 330 g/mol. The van der Waals surface area contributed by atoms with Gasteiger partial charge in [-0.2, -0.15) is 4.31 Å². The Labute approximate surface area is 132 Å². The number of thiocarbonyl (C=S) groups is 1. The van der Waals surface area contributed by atoms with E-state index in [2.05, 4.69) is 0 Å². The molecule has 0 radical (unpaired) electrons. The van der Waals surface area contributed by atoms with Gasteiger partial charge < -0.3 is 10.5 Å². The third-order valence-electron chi connectivity index (χ3n) is 3.32. The Kier molecular flexibility index (Phi) is 6.73. The van der Waals surface area contributed by atoms with E-state index in [0.717, 1.165) is 6.42 Å². The molecule has 0 heterocycles. The van der Waals surface area contributed by atoms with E-state index in [4.69, 9.17) is 22.7 Å². The van der Waals surface area contributed by atoms with Crippen LogP contribution in [-0.2, 0) is 14.8 Å². The first-order valence-electron chi connectivity index (χ1n) is 6.75. The lowest BCUT2D eigenvalue weighted by molar-refractivity contribution is 0.167. The second kappa shape index (κ2) is 7.84. The third kappa shape index (κ3) is 4.47. The fraction of sp³-hybridized carbons (Fsp3) is 0.500. The highest BCUT2D eigenvalue weighted by atomic mass is 32.2. The summed E-state index contributed by atoms with van der Waals surface area (Å²) in [7, 11) is -2.05. The minimum Gasteiger partial charge on any atom is -0.389 e. The Hall–Kier alpha value is -1.02. The van der Waals surface area contributed by atoms with Gasteiger partial charge in [-0.05, 0) is 25.5 Å². The van der Waals surface area contributed by atoms with Crippen molar-refractivity contribution < 1.29 is 13.2 Å². The SMILES string of the molecule is CCC(C)N(CCOC)S(=O)(=O)c1cccc(C(N)=S)c1. The van der Waals surface area contributed by atoms with Crippen LogP contribution in [0.15, 0.2) is 29.2 Å². The van der Waals surface area contributed by atoms with Crippen molar-refractivity contribution in [2.45, 2.75) is 31.2 Å². The van der Waals surface area contributed by atoms with Crippen LogP contribution in [0, 0.1) is 0 Å². The van der Waals surface area contributed by atoms with Crippen LogP contribution in [0.25, 0.3) is 0 Å². The summed E-state index contributed by atoms with van der Waals surface area (Å²) < 4.78 is 32.1. The van der Waals surface area contributed by atoms with Crippen LogP contribution >= 0.6 is 12.2 Å². The molecule has 0 aliphatic rings. The molecule has 0 aromatic heterocycles. The molecular weight excluding hydrogens is 308 g/mol. The Morgan fingerprint density at radius 3 is 2.67 bits per heavy atom. The molecule has 0 amide bonds. The molecule has 0 saturated heterocycles. The maximum Gasteiger partial charge on any atom is 0.243 e. The second-order valence-corrected chi connectivity index (χ2v) is 7.09. The molecule has 0 saturated carbocycles. The molecule has 1 rings (SSSR count). The van der Waals surface area contributed by atoms with Crippen LogP contribution in [0.1, 0.15) is 25.8 Å². The molecule has 21 heavy (non-hydrogen) atoms. The quantitative estimate of drug-likeness (QED) is 0.735. The summed E-state index contributed by atoms with van der Waals surface area (Å²) in [5.41, 5.74) is 6.11. The maximum absolute atomic E-state index is 12.8. The number of ether oxygens (including phenoxy) is 1. The summed E-state index contributed by atoms with van der Waals surface area (Å²) in [4.78, 5) is 0.378. The van der Waals surface area contributed by atoms with Crippen molar-refractivity contribution in [3.05, 3.63) is 29.8 Å². The Morgan fingerprint density at radius 2 is 2.14 bits per heavy atom. The van der Waals surface area contributed by atoms with Gasteiger partial charge in [-0.15, -0.1) is 0 Å². The highest BCUT2D eigenvalue weighted by Gasteiger charge is 2.28. The van der Waals surface area contributed by atoms with E-state index in [1.54, 1.807) is 25.3 Å². The molecule has 2 N–H and O–H groups in total. The van der Waals surface area contributed by atoms with Gasteiger partial charge in [0.1, 0.15) is 4.99 Å². The molecule has 1 aromatic carbocycles. The van der Waals surface area contributed by atoms with E-state index >= 15 is 0 Å². The van der Waals surface area contributed by atoms with Gasteiger partial charge in [0.25, 0.3) is 0 Å². The monoisotopic (exact) mass is 330 g/mol. The molecular formula is C14H22N2O3S2. The molecule has 1 aromatic rings. The van der Waals surface area contributed by atoms with Gasteiger partial charge in [0.05, 0.1) is 11.5 Å². The first-order valence-corrected chi connectivity index (χ1v) is 8.60. The predicted molar refractivity (Wildman–Crippen MR) is 87.9 cm³/mol. The van der Waals surface area contributed by atoms with Gasteiger partial charge in [-0.1, -0.05) is 31.3 Å². The number of methoxy groups -OCH3 is 1. The molecule has 1 atom stereocenters. The fourth-order valence-corrected chi connectivity index (χ4v) is 3.77. The largest absolute Gasteiger partial charge is 0.389 e. The summed E-state index contributed by atoms with van der Waals surface area (Å²) in [5, 5.41) is 0. The van der Waals surface area contributed by atoms with E-state index in [1.165, 1.54) is 10.4 Å². The number of rotatable bonds is 8. The topological polar surface area (TPSA) is 72.6 Å². The molecule has 0 spiro atoms. The van der Waals surface area contributed by atoms with E-state index < -0.39 is 10.0 Å². The summed E-state index contributed by atoms with van der Waals surface area (Å²) >= 11 is 4.90. The minimum absolute atomic E-state index is 0.112. The zero-order valence-electron chi connectivity index (χ0n) is 12.6. The fourth-order valence-electron chi connectivity index (χ4n) is 1.91. The lowest BCUT2D eigenvalue weighted by Crippen LogP contribution is -2.40. The third-order valence-corrected chi connectivity index (χ3v) is 5.57. The van der Waals surface area contributed by atoms with Crippen molar-refractivity contribution >= 4 is 27.2 Å². The molecule has 0 aliphatic heterocycles. The van der Waals surface area contributed by atoms with Crippen molar-refractivity contribution in [2.24, 2.45) is 5.73 Å². The van der Waals surface area contributed by atoms with Crippen molar-refractivity contribution in [3.8, 4) is 0 Å². The Bertz CT molecular complexity index is 588. The lowest BCUT2D eigenvalue weighted by Gasteiger charge is -2.27. The number of hydrogen-bond acceptors (Lipinski definition) is 4. The number of nitrogens with zero attached hydrogens (tertiary/aromatic N) is 1. The van der Waals surface area contributed by atoms with E-state index in [1.807, 2.05) is 13.8 Å². The zero-order valence-corrected chi connectivity index (χ0v) is 14.2. The first kappa shape index (κ1) is 18.0. The number of nitrogens with two attached hydrogens (primary N) is 1. The maximum atomic E-state index is 12.8. The van der Waals surface area contributed by atoms with Gasteiger partial charge in [0.15, 0.2) is 0 Å². The van der Waals surface area contributed by atoms with Crippen molar-refractivity contribution in [3.63, 3.8) is 0 Å². The molecule has 118 valence electrons. The lowest BCUT2D eigenvalue weighted by atomic mass is 10.2. The van der Waals surface area contributed by atoms with Crippen LogP contribution in [0.3, 0.4) is 0 Å². The highest BCUT2D eigenvalue weighted by molar-refractivity contribution is 7.89. The van der Waals surface area contributed by atoms with E-state index in [-0.39, 0.29) is 15.9 Å². The molecule has 0 aliphatic carbocycles. The van der Waals surface area contributed by atoms with Gasteiger partial charge in [-0.25, -0.2) is 8.42 Å². The highest BCUT2D eigenvalue weighted by Crippen LogP contribution is 2.20. The summed E-state index contributed by atoms with van der Waals surface area (Å²) in [6.07, 6.45) is 0.720. The number of hydrogen-bond donors (Lipinski definition) is 1. The van der Waals surface area contributed by atoms with Gasteiger partial charge >= 0.3 is 0 Å². The summed E-state index contributed by atoms with van der Waals surface area (Å²) in [6.45, 7) is 4.49. The summed E-state index contributed by atoms with van der Waals surface area (Å²) in [5.74, 6) is 0. The number of sulfonamides is 1. The molecule has 5 nitrogen and oxygen atoms in total. The molecule has 0 bridgehead atoms. The van der Waals surface area contributed by atoms with Crippen molar-refractivity contribution in [1.29, 1.82) is 0 Å². The van der Waals surface area contributed by atoms with Crippen LogP contribution < -0.4 is 5.73 Å². The zero-order chi connectivity index (χ0) is 16.0. The van der Waals surface area contributed by atoms with Gasteiger partial charge in [0, 0.05) is 25.3 Å². The van der Waals surface area contributed by atoms with E-state index in [0.29, 0.717) is 18.7 Å². The standard InChI is InChI=1S/C14H22N2O3S2/c1-4-11(2)16(8-9-19-3)21(17,18)13-7-5-6-12(10-13)14(15)20/h5-7,10-11H,4,8-9H2,1-3H3,(H2,15,20). The smallest absolute Gasteiger partial charge is 0.243 e. The van der Waals surface area contributed by atoms with E-state index in [9.17, 15) is 8.42 Å². The van der Waals surface area contributed by atoms with Gasteiger partial charge in [-0.3, -0.25) is 0 Å².